The van der Waals surface area contributed by atoms with E-state index in [-0.39, 0.29) is 0 Å². The van der Waals surface area contributed by atoms with Crippen LogP contribution in [0.3, 0.4) is 0 Å². The third-order valence-electron chi connectivity index (χ3n) is 1.92. The molecule has 0 radical (unpaired) electrons. The van der Waals surface area contributed by atoms with E-state index < -0.39 is 0 Å². The van der Waals surface area contributed by atoms with E-state index in [0.717, 1.165) is 25.7 Å². The quantitative estimate of drug-likeness (QED) is 0.770. The van der Waals surface area contributed by atoms with E-state index in [4.69, 9.17) is 10.5 Å². The van der Waals surface area contributed by atoms with Crippen molar-refractivity contribution in [1.82, 2.24) is 0 Å². The smallest absolute Gasteiger partial charge is 0.134 e. The zero-order valence-corrected chi connectivity index (χ0v) is 9.49. The highest BCUT2D eigenvalue weighted by Crippen LogP contribution is 2.34. The van der Waals surface area contributed by atoms with Crippen LogP contribution in [-0.4, -0.2) is 6.61 Å². The molecule has 0 saturated heterocycles. The molecule has 1 aromatic carbocycles. The van der Waals surface area contributed by atoms with Gasteiger partial charge in [0.1, 0.15) is 5.75 Å². The Bertz CT molecular complexity index is 464. The SMILES string of the molecule is CCOc1cc2sc(N)cc2cc1S. The molecule has 0 saturated carbocycles. The molecule has 0 bridgehead atoms. The lowest BCUT2D eigenvalue weighted by Crippen LogP contribution is -1.91. The van der Waals surface area contributed by atoms with Crippen LogP contribution in [0.1, 0.15) is 6.92 Å². The fourth-order valence-corrected chi connectivity index (χ4v) is 2.46. The van der Waals surface area contributed by atoms with E-state index >= 15 is 0 Å². The molecule has 74 valence electrons. The summed E-state index contributed by atoms with van der Waals surface area (Å²) in [5.74, 6) is 0.824. The zero-order valence-electron chi connectivity index (χ0n) is 7.78. The van der Waals surface area contributed by atoms with Gasteiger partial charge in [-0.2, -0.15) is 0 Å². The fraction of sp³-hybridized carbons (Fsp3) is 0.200. The van der Waals surface area contributed by atoms with Gasteiger partial charge in [-0.25, -0.2) is 0 Å². The van der Waals surface area contributed by atoms with Gasteiger partial charge in [0.25, 0.3) is 0 Å². The van der Waals surface area contributed by atoms with Gasteiger partial charge in [0.15, 0.2) is 0 Å². The summed E-state index contributed by atoms with van der Waals surface area (Å²) < 4.78 is 6.59. The van der Waals surface area contributed by atoms with Gasteiger partial charge < -0.3 is 10.5 Å². The van der Waals surface area contributed by atoms with Crippen LogP contribution in [0.4, 0.5) is 5.00 Å². The third kappa shape index (κ3) is 1.67. The van der Waals surface area contributed by atoms with Gasteiger partial charge in [0.05, 0.1) is 11.6 Å². The molecule has 2 rings (SSSR count). The molecule has 2 aromatic rings. The molecule has 0 atom stereocenters. The van der Waals surface area contributed by atoms with E-state index in [1.54, 1.807) is 11.3 Å². The molecule has 0 fully saturated rings. The van der Waals surface area contributed by atoms with Crippen molar-refractivity contribution in [3.8, 4) is 5.75 Å². The molecule has 2 nitrogen and oxygen atoms in total. The summed E-state index contributed by atoms with van der Waals surface area (Å²) in [7, 11) is 0. The Balaban J connectivity index is 2.58. The Hall–Kier alpha value is -0.870. The highest BCUT2D eigenvalue weighted by Gasteiger charge is 2.05. The topological polar surface area (TPSA) is 35.2 Å². The Morgan fingerprint density at radius 2 is 2.21 bits per heavy atom. The van der Waals surface area contributed by atoms with E-state index in [1.165, 1.54) is 0 Å². The Labute approximate surface area is 92.1 Å². The fourth-order valence-electron chi connectivity index (χ4n) is 1.35. The average Bonchev–Trinajstić information content (AvgIpc) is 2.45. The molecule has 0 aliphatic heterocycles. The second-order valence-corrected chi connectivity index (χ2v) is 4.54. The number of rotatable bonds is 2. The largest absolute Gasteiger partial charge is 0.493 e. The summed E-state index contributed by atoms with van der Waals surface area (Å²) in [4.78, 5) is 0.858. The van der Waals surface area contributed by atoms with Gasteiger partial charge >= 0.3 is 0 Å². The Morgan fingerprint density at radius 3 is 2.93 bits per heavy atom. The molecule has 0 spiro atoms. The first-order valence-corrected chi connectivity index (χ1v) is 5.62. The first-order chi connectivity index (χ1) is 6.70. The second-order valence-electron chi connectivity index (χ2n) is 2.94. The summed E-state index contributed by atoms with van der Waals surface area (Å²) in [5, 5.41) is 1.95. The summed E-state index contributed by atoms with van der Waals surface area (Å²) in [6.45, 7) is 2.61. The summed E-state index contributed by atoms with van der Waals surface area (Å²) in [6, 6.07) is 5.92. The minimum absolute atomic E-state index is 0.653. The Kier molecular flexibility index (Phi) is 2.56. The van der Waals surface area contributed by atoms with Crippen molar-refractivity contribution < 1.29 is 4.74 Å². The molecule has 0 aliphatic rings. The maximum absolute atomic E-state index is 5.72. The molecular weight excluding hydrogens is 214 g/mol. The highest BCUT2D eigenvalue weighted by atomic mass is 32.1. The lowest BCUT2D eigenvalue weighted by molar-refractivity contribution is 0.333. The number of hydrogen-bond donors (Lipinski definition) is 2. The van der Waals surface area contributed by atoms with Crippen LogP contribution in [0.25, 0.3) is 10.1 Å². The lowest BCUT2D eigenvalue weighted by Gasteiger charge is -2.05. The van der Waals surface area contributed by atoms with Crippen LogP contribution in [0.2, 0.25) is 0 Å². The minimum atomic E-state index is 0.653. The molecule has 1 aromatic heterocycles. The van der Waals surface area contributed by atoms with Crippen molar-refractivity contribution >= 4 is 39.1 Å². The van der Waals surface area contributed by atoms with E-state index in [0.29, 0.717) is 6.61 Å². The normalized spacial score (nSPS) is 10.7. The minimum Gasteiger partial charge on any atom is -0.493 e. The van der Waals surface area contributed by atoms with Gasteiger partial charge in [0, 0.05) is 9.60 Å². The Morgan fingerprint density at radius 1 is 1.43 bits per heavy atom. The van der Waals surface area contributed by atoms with Gasteiger partial charge in [-0.1, -0.05) is 0 Å². The van der Waals surface area contributed by atoms with E-state index in [1.807, 2.05) is 25.1 Å². The molecule has 14 heavy (non-hydrogen) atoms. The van der Waals surface area contributed by atoms with Crippen molar-refractivity contribution in [1.29, 1.82) is 0 Å². The molecule has 0 unspecified atom stereocenters. The molecule has 1 heterocycles. The van der Waals surface area contributed by atoms with Crippen LogP contribution < -0.4 is 10.5 Å². The number of anilines is 1. The lowest BCUT2D eigenvalue weighted by atomic mass is 10.2. The maximum Gasteiger partial charge on any atom is 0.134 e. The standard InChI is InChI=1S/C10H11NOS2/c1-2-12-7-5-9-6(3-8(7)13)4-10(11)14-9/h3-5,13H,2,11H2,1H3. The summed E-state index contributed by atoms with van der Waals surface area (Å²) >= 11 is 5.92. The number of hydrogen-bond acceptors (Lipinski definition) is 4. The first-order valence-electron chi connectivity index (χ1n) is 4.35. The van der Waals surface area contributed by atoms with Crippen molar-refractivity contribution in [2.45, 2.75) is 11.8 Å². The number of thiophene rings is 1. The average molecular weight is 225 g/mol. The van der Waals surface area contributed by atoms with Gasteiger partial charge in [-0.15, -0.1) is 24.0 Å². The zero-order chi connectivity index (χ0) is 10.1. The number of nitrogen functional groups attached to an aromatic ring is 1. The van der Waals surface area contributed by atoms with Gasteiger partial charge in [-0.3, -0.25) is 0 Å². The summed E-state index contributed by atoms with van der Waals surface area (Å²) in [6.07, 6.45) is 0. The van der Waals surface area contributed by atoms with Crippen LogP contribution in [0.15, 0.2) is 23.1 Å². The molecule has 0 amide bonds. The highest BCUT2D eigenvalue weighted by molar-refractivity contribution is 7.80. The first kappa shape index (κ1) is 9.68. The predicted octanol–water partition coefficient (Wildman–Crippen LogP) is 3.17. The van der Waals surface area contributed by atoms with Crippen molar-refractivity contribution in [3.05, 3.63) is 18.2 Å². The van der Waals surface area contributed by atoms with Crippen molar-refractivity contribution in [2.24, 2.45) is 0 Å². The number of nitrogens with two attached hydrogens (primary N) is 1. The number of thiol groups is 1. The number of ether oxygens (including phenoxy) is 1. The third-order valence-corrected chi connectivity index (χ3v) is 3.19. The molecule has 4 heteroatoms. The van der Waals surface area contributed by atoms with Crippen molar-refractivity contribution in [3.63, 3.8) is 0 Å². The summed E-state index contributed by atoms with van der Waals surface area (Å²) in [5.41, 5.74) is 5.72. The van der Waals surface area contributed by atoms with E-state index in [2.05, 4.69) is 12.6 Å². The molecular formula is C10H11NOS2. The van der Waals surface area contributed by atoms with Crippen LogP contribution in [0, 0.1) is 0 Å². The van der Waals surface area contributed by atoms with Crippen LogP contribution in [-0.2, 0) is 0 Å². The number of fused-ring (bicyclic) bond motifs is 1. The molecule has 0 aliphatic carbocycles. The van der Waals surface area contributed by atoms with Gasteiger partial charge in [-0.05, 0) is 30.5 Å². The monoisotopic (exact) mass is 225 g/mol. The molecule has 2 N–H and O–H groups in total. The van der Waals surface area contributed by atoms with Crippen molar-refractivity contribution in [2.75, 3.05) is 12.3 Å². The van der Waals surface area contributed by atoms with E-state index in [9.17, 15) is 0 Å². The number of benzene rings is 1. The second kappa shape index (κ2) is 3.71. The maximum atomic E-state index is 5.72. The van der Waals surface area contributed by atoms with Crippen LogP contribution >= 0.6 is 24.0 Å². The predicted molar refractivity (Wildman–Crippen MR) is 64.7 cm³/mol. The van der Waals surface area contributed by atoms with Crippen LogP contribution in [0.5, 0.6) is 5.75 Å². The van der Waals surface area contributed by atoms with Gasteiger partial charge in [0.2, 0.25) is 0 Å².